The number of benzene rings is 4. The molecule has 0 bridgehead atoms. The molecule has 1 aromatic heterocycles. The number of carbonyl (C=O) groups is 1. The molecule has 10 heteroatoms. The predicted octanol–water partition coefficient (Wildman–Crippen LogP) is 9.26. The van der Waals surface area contributed by atoms with Crippen molar-refractivity contribution >= 4 is 36.0 Å². The van der Waals surface area contributed by atoms with Crippen LogP contribution >= 0.6 is 24.0 Å². The van der Waals surface area contributed by atoms with E-state index in [4.69, 9.17) is 25.8 Å². The number of carbonyl (C=O) groups excluding carboxylic acids is 1. The minimum Gasteiger partial charge on any atom is -0.493 e. The maximum Gasteiger partial charge on any atom is 0.246 e. The van der Waals surface area contributed by atoms with Crippen molar-refractivity contribution in [2.24, 2.45) is 0 Å². The van der Waals surface area contributed by atoms with E-state index in [0.717, 1.165) is 54.1 Å². The molecule has 1 fully saturated rings. The van der Waals surface area contributed by atoms with Gasteiger partial charge in [-0.2, -0.15) is 0 Å². The van der Waals surface area contributed by atoms with E-state index in [1.165, 1.54) is 23.3 Å². The average Bonchev–Trinajstić information content (AvgIpc) is 3.14. The zero-order valence-corrected chi connectivity index (χ0v) is 30.8. The molecule has 270 valence electrons. The second-order valence-corrected chi connectivity index (χ2v) is 13.0. The van der Waals surface area contributed by atoms with Crippen LogP contribution in [0.5, 0.6) is 23.1 Å². The van der Waals surface area contributed by atoms with Crippen molar-refractivity contribution in [2.45, 2.75) is 33.4 Å². The molecule has 0 unspecified atom stereocenters. The molecule has 4 aromatic carbocycles. The Balaban J connectivity index is 0.00000523. The SMILES string of the molecule is Cc1cc(C=CC(=O)N2CCN(Cc3ccc(CCOc4ccc(F)cc4)cc3)CC2)cc(C)c1Oc1ccc(OCc2ccccc2Cl)cn1.Cl. The first-order valence-corrected chi connectivity index (χ1v) is 17.4. The lowest BCUT2D eigenvalue weighted by Crippen LogP contribution is -2.47. The van der Waals surface area contributed by atoms with Gasteiger partial charge in [0.1, 0.15) is 29.7 Å². The molecule has 5 aromatic rings. The Kier molecular flexibility index (Phi) is 13.7. The molecule has 0 aliphatic carbocycles. The maximum atomic E-state index is 13.1. The van der Waals surface area contributed by atoms with Gasteiger partial charge in [-0.1, -0.05) is 54.1 Å². The quantitative estimate of drug-likeness (QED) is 0.112. The summed E-state index contributed by atoms with van der Waals surface area (Å²) in [5.41, 5.74) is 6.16. The third-order valence-electron chi connectivity index (χ3n) is 8.76. The molecule has 0 atom stereocenters. The highest BCUT2D eigenvalue weighted by Crippen LogP contribution is 2.30. The maximum absolute atomic E-state index is 13.1. The van der Waals surface area contributed by atoms with Crippen LogP contribution in [0.4, 0.5) is 4.39 Å². The van der Waals surface area contributed by atoms with Crippen molar-refractivity contribution in [3.8, 4) is 23.1 Å². The molecule has 1 aliphatic rings. The Labute approximate surface area is 316 Å². The Hall–Kier alpha value is -4.89. The van der Waals surface area contributed by atoms with Crippen LogP contribution in [0.3, 0.4) is 0 Å². The number of amides is 1. The van der Waals surface area contributed by atoms with Crippen molar-refractivity contribution in [2.75, 3.05) is 32.8 Å². The molecule has 0 N–H and O–H groups in total. The summed E-state index contributed by atoms with van der Waals surface area (Å²) in [4.78, 5) is 21.8. The first-order valence-electron chi connectivity index (χ1n) is 17.1. The van der Waals surface area contributed by atoms with Crippen molar-refractivity contribution in [1.29, 1.82) is 0 Å². The Bertz CT molecular complexity index is 1920. The molecule has 0 spiro atoms. The van der Waals surface area contributed by atoms with Gasteiger partial charge in [-0.3, -0.25) is 9.69 Å². The Morgan fingerprint density at radius 2 is 1.52 bits per heavy atom. The molecule has 0 radical (unpaired) electrons. The number of hydrogen-bond donors (Lipinski definition) is 0. The van der Waals surface area contributed by atoms with E-state index in [1.807, 2.05) is 67.3 Å². The van der Waals surface area contributed by atoms with Crippen LogP contribution < -0.4 is 14.2 Å². The monoisotopic (exact) mass is 741 g/mol. The molecule has 2 heterocycles. The van der Waals surface area contributed by atoms with Crippen LogP contribution in [-0.2, 0) is 24.4 Å². The fourth-order valence-corrected chi connectivity index (χ4v) is 6.11. The lowest BCUT2D eigenvalue weighted by molar-refractivity contribution is -0.127. The fourth-order valence-electron chi connectivity index (χ4n) is 5.92. The number of hydrogen-bond acceptors (Lipinski definition) is 6. The van der Waals surface area contributed by atoms with Crippen molar-refractivity contribution in [3.05, 3.63) is 154 Å². The minimum absolute atomic E-state index is 0. The summed E-state index contributed by atoms with van der Waals surface area (Å²) in [6, 6.07) is 29.8. The standard InChI is InChI=1S/C42H41ClFN3O4.ClH/c1-30-25-34(26-31(2)42(30)51-40-17-16-38(27-45-40)50-29-35-5-3-4-6-39(35)43)11-18-41(48)47-22-20-46(21-23-47)28-33-9-7-32(8-10-33)19-24-49-37-14-12-36(44)13-15-37;/h3-18,25-27H,19-24,28-29H2,1-2H3;1H. The number of aryl methyl sites for hydroxylation is 2. The summed E-state index contributed by atoms with van der Waals surface area (Å²) < 4.78 is 30.8. The van der Waals surface area contributed by atoms with E-state index in [1.54, 1.807) is 30.5 Å². The summed E-state index contributed by atoms with van der Waals surface area (Å²) in [6.07, 6.45) is 5.94. The molecule has 6 rings (SSSR count). The summed E-state index contributed by atoms with van der Waals surface area (Å²) >= 11 is 6.22. The van der Waals surface area contributed by atoms with Crippen molar-refractivity contribution < 1.29 is 23.4 Å². The number of pyridine rings is 1. The van der Waals surface area contributed by atoms with Crippen LogP contribution in [0.2, 0.25) is 5.02 Å². The van der Waals surface area contributed by atoms with Gasteiger partial charge in [-0.25, -0.2) is 9.37 Å². The summed E-state index contributed by atoms with van der Waals surface area (Å²) in [5, 5.41) is 0.664. The average molecular weight is 743 g/mol. The molecule has 1 amide bonds. The minimum atomic E-state index is -0.270. The lowest BCUT2D eigenvalue weighted by Gasteiger charge is -2.34. The smallest absolute Gasteiger partial charge is 0.246 e. The van der Waals surface area contributed by atoms with Gasteiger partial charge in [0.05, 0.1) is 12.8 Å². The molecule has 1 saturated heterocycles. The third-order valence-corrected chi connectivity index (χ3v) is 9.12. The van der Waals surface area contributed by atoms with Crippen LogP contribution in [-0.4, -0.2) is 53.5 Å². The molecular formula is C42H42Cl2FN3O4. The largest absolute Gasteiger partial charge is 0.493 e. The highest BCUT2D eigenvalue weighted by molar-refractivity contribution is 6.31. The van der Waals surface area contributed by atoms with E-state index in [0.29, 0.717) is 48.7 Å². The topological polar surface area (TPSA) is 64.1 Å². The number of rotatable bonds is 13. The van der Waals surface area contributed by atoms with Crippen LogP contribution in [0.15, 0.2) is 109 Å². The second kappa shape index (κ2) is 18.6. The number of ether oxygens (including phenoxy) is 3. The van der Waals surface area contributed by atoms with Crippen LogP contribution in [0, 0.1) is 19.7 Å². The number of piperazine rings is 1. The Morgan fingerprint density at radius 3 is 2.19 bits per heavy atom. The molecular weight excluding hydrogens is 700 g/mol. The molecule has 52 heavy (non-hydrogen) atoms. The van der Waals surface area contributed by atoms with Gasteiger partial charge in [-0.15, -0.1) is 12.4 Å². The number of aromatic nitrogens is 1. The summed E-state index contributed by atoms with van der Waals surface area (Å²) in [7, 11) is 0. The first kappa shape index (κ1) is 38.3. The van der Waals surface area contributed by atoms with Crippen molar-refractivity contribution in [1.82, 2.24) is 14.8 Å². The van der Waals surface area contributed by atoms with Gasteiger partial charge < -0.3 is 19.1 Å². The summed E-state index contributed by atoms with van der Waals surface area (Å²) in [5.74, 6) is 2.23. The van der Waals surface area contributed by atoms with E-state index < -0.39 is 0 Å². The van der Waals surface area contributed by atoms with Gasteiger partial charge in [-0.05, 0) is 96.3 Å². The Morgan fingerprint density at radius 1 is 0.846 bits per heavy atom. The van der Waals surface area contributed by atoms with Gasteiger partial charge in [0.25, 0.3) is 0 Å². The molecule has 1 aliphatic heterocycles. The molecule has 7 nitrogen and oxygen atoms in total. The lowest BCUT2D eigenvalue weighted by atomic mass is 10.1. The third kappa shape index (κ3) is 10.8. The fraction of sp³-hybridized carbons (Fsp3) is 0.238. The van der Waals surface area contributed by atoms with Gasteiger partial charge in [0.15, 0.2) is 0 Å². The van der Waals surface area contributed by atoms with Crippen LogP contribution in [0.1, 0.15) is 33.4 Å². The van der Waals surface area contributed by atoms with Gasteiger partial charge >= 0.3 is 0 Å². The summed E-state index contributed by atoms with van der Waals surface area (Å²) in [6.45, 7) is 8.70. The van der Waals surface area contributed by atoms with Gasteiger partial charge in [0.2, 0.25) is 11.8 Å². The van der Waals surface area contributed by atoms with E-state index in [2.05, 4.69) is 34.1 Å². The second-order valence-electron chi connectivity index (χ2n) is 12.6. The van der Waals surface area contributed by atoms with Gasteiger partial charge in [0, 0.05) is 61.9 Å². The van der Waals surface area contributed by atoms with E-state index >= 15 is 0 Å². The number of halogens is 3. The molecule has 0 saturated carbocycles. The highest BCUT2D eigenvalue weighted by Gasteiger charge is 2.20. The zero-order valence-electron chi connectivity index (χ0n) is 29.3. The normalized spacial score (nSPS) is 13.1. The van der Waals surface area contributed by atoms with Crippen molar-refractivity contribution in [3.63, 3.8) is 0 Å². The number of nitrogens with zero attached hydrogens (tertiary/aromatic N) is 3. The first-order chi connectivity index (χ1) is 24.8. The zero-order chi connectivity index (χ0) is 35.6. The van der Waals surface area contributed by atoms with E-state index in [-0.39, 0.29) is 24.1 Å². The van der Waals surface area contributed by atoms with E-state index in [9.17, 15) is 9.18 Å². The predicted molar refractivity (Wildman–Crippen MR) is 206 cm³/mol. The highest BCUT2D eigenvalue weighted by atomic mass is 35.5. The van der Waals surface area contributed by atoms with Crippen LogP contribution in [0.25, 0.3) is 6.08 Å².